The van der Waals surface area contributed by atoms with Gasteiger partial charge in [0, 0.05) is 351 Å². The Morgan fingerprint density at radius 2 is 0.548 bits per heavy atom. The maximum Gasteiger partial charge on any atom is 0.0715 e. The van der Waals surface area contributed by atoms with Crippen molar-refractivity contribution < 1.29 is 339 Å². The van der Waals surface area contributed by atoms with Crippen LogP contribution in [-0.4, -0.2) is 244 Å². The molecule has 0 aromatic heterocycles. The van der Waals surface area contributed by atoms with E-state index in [0.29, 0.717) is 49.9 Å². The number of likely N-dealkylation sites (N-methyl/N-ethyl adjacent to an activating group) is 8. The smallest absolute Gasteiger partial charge is 0.0715 e. The van der Waals surface area contributed by atoms with Crippen LogP contribution in [-0.2, 0) is 0 Å². The fourth-order valence-electron chi connectivity index (χ4n) is 4.62. The number of hydrogen-bond acceptors (Lipinski definition) is 16. The van der Waals surface area contributed by atoms with Crippen molar-refractivity contribution in [3.63, 3.8) is 0 Å². The van der Waals surface area contributed by atoms with Crippen LogP contribution in [0, 0.1) is 344 Å². The van der Waals surface area contributed by atoms with Crippen LogP contribution in [0.1, 0.15) is 166 Å². The Bertz CT molecular complexity index is 1200. The zero-order chi connectivity index (χ0) is 62.6. The minimum absolute atomic E-state index is 0. The zero-order valence-electron chi connectivity index (χ0n) is 59.1. The predicted molar refractivity (Wildman–Crippen MR) is 334 cm³/mol. The van der Waals surface area contributed by atoms with Gasteiger partial charge < -0.3 is 81.7 Å². The van der Waals surface area contributed by atoms with Crippen LogP contribution in [0.25, 0.3) is 0 Å². The average Bonchev–Trinajstić information content (AvgIpc) is 3.27. The van der Waals surface area contributed by atoms with Crippen LogP contribution in [0.4, 0.5) is 0 Å². The molecule has 84 heavy (non-hydrogen) atoms. The molecule has 0 amide bonds. The number of nitrogens with one attached hydrogen (secondary N) is 4. The van der Waals surface area contributed by atoms with E-state index in [9.17, 15) is 35.7 Å². The van der Waals surface area contributed by atoms with Gasteiger partial charge in [0.1, 0.15) is 0 Å². The zero-order valence-corrected chi connectivity index (χ0v) is 73.9. The molecular weight excluding hydrogens is 2300 g/mol. The molecule has 0 bridgehead atoms. The summed E-state index contributed by atoms with van der Waals surface area (Å²) in [6.07, 6.45) is -1.69. The Kier molecular flexibility index (Phi) is 129. The Hall–Kier alpha value is 9.33. The summed E-state index contributed by atoms with van der Waals surface area (Å²) >= 11 is 0. The van der Waals surface area contributed by atoms with E-state index < -0.39 is 0 Å². The number of aliphatic hydroxyl groups excluding tert-OH is 8. The first-order valence-corrected chi connectivity index (χ1v) is 29.0. The van der Waals surface area contributed by atoms with Gasteiger partial charge in [-0.15, -0.1) is 0 Å². The number of rotatable bonds is 24. The second kappa shape index (κ2) is 81.3. The third-order valence-electron chi connectivity index (χ3n) is 12.2. The summed E-state index contributed by atoms with van der Waals surface area (Å²) in [7, 11) is 15.6. The summed E-state index contributed by atoms with van der Waals surface area (Å²) in [5, 5.41) is 86.8. The summed E-state index contributed by atoms with van der Waals surface area (Å²) in [4.78, 5) is 8.22. The van der Waals surface area contributed by atoms with E-state index in [2.05, 4.69) is 65.7 Å². The molecule has 0 aliphatic rings. The molecule has 8 atom stereocenters. The summed E-state index contributed by atoms with van der Waals surface area (Å²) in [5.74, 6) is 1.47. The van der Waals surface area contributed by atoms with Crippen molar-refractivity contribution in [1.29, 1.82) is 0 Å². The van der Waals surface area contributed by atoms with Crippen molar-refractivity contribution in [2.24, 2.45) is 45.3 Å². The standard InChI is InChI=1S/C9H21NO.3C8H19NO.3C7H17NO.C6H15NO.8Er/c1-6-10(5)7-8(11)9(2,3)4;1-8(2,3)7(10)6-9(4)5;1-5-9-6-7(10)8(2,3)4;1-5-9(4)6-8(10)7(2)3;1-7(2,3)6(9)5-8-4;1-6(2)7(9)5-8(3)4;1-4-8-5-7(9)6(2)3;1-5(2)6(8)4-7-3;;;;;;;;/h8,11H,6-7H2,1-5H3;7,10H,6H2,1-5H3;7,9-10H,5-6H2,1-4H3;7-8,10H,5-6H2,1-4H3;6,8-9H,5H2,1-4H3;6-7,9H,5H2,1-4H3;6-9H,4-5H2,1-3H3;5-8H,4H2,1-3H3;;;;;;;;. The fraction of sp³-hybridized carbons (Fsp3) is 1.00. The molecule has 0 aromatic carbocycles. The van der Waals surface area contributed by atoms with Gasteiger partial charge in [-0.2, -0.15) is 0 Å². The summed E-state index contributed by atoms with van der Waals surface area (Å²) in [6.45, 7) is 58.6. The van der Waals surface area contributed by atoms with E-state index in [1.54, 1.807) is 0 Å². The SMILES string of the molecule is CC(C)C(O)CN(C)C.CCN(C)CC(O)C(C)(C)C.CCN(C)CC(O)C(C)C.CCNCC(O)C(C)(C)C.CCNCC(O)C(C)C.CN(C)CC(O)C(C)(C)C.CNCC(O)C(C)(C)C.CNCC(O)C(C)C.[Er].[Er].[Er].[Er].[Er].[Er].[Er].[Er]. The van der Waals surface area contributed by atoms with Crippen LogP contribution in [0.3, 0.4) is 0 Å². The third-order valence-corrected chi connectivity index (χ3v) is 12.2. The molecule has 0 aliphatic carbocycles. The molecule has 0 heterocycles. The Morgan fingerprint density at radius 3 is 0.738 bits per heavy atom. The molecular formula is C60H144Er8N8O8. The van der Waals surface area contributed by atoms with Gasteiger partial charge in [-0.3, -0.25) is 0 Å². The molecule has 0 aromatic rings. The van der Waals surface area contributed by atoms with Gasteiger partial charge in [0.15, 0.2) is 0 Å². The van der Waals surface area contributed by atoms with E-state index in [4.69, 9.17) is 5.11 Å². The Morgan fingerprint density at radius 1 is 0.310 bits per heavy atom. The first kappa shape index (κ1) is 133. The second-order valence-corrected chi connectivity index (χ2v) is 26.7. The van der Waals surface area contributed by atoms with Gasteiger partial charge >= 0.3 is 0 Å². The summed E-state index contributed by atoms with van der Waals surface area (Å²) in [5.41, 5.74) is 0.0128. The monoisotopic (exact) mass is 2430 g/mol. The van der Waals surface area contributed by atoms with E-state index in [-0.39, 0.29) is 369 Å². The summed E-state index contributed by atoms with van der Waals surface area (Å²) < 4.78 is 0. The molecule has 0 fully saturated rings. The van der Waals surface area contributed by atoms with E-state index in [0.717, 1.165) is 52.4 Å². The molecule has 0 aliphatic heterocycles. The molecule has 24 heteroatoms. The third kappa shape index (κ3) is 107. The Balaban J connectivity index is -0.0000000444. The van der Waals surface area contributed by atoms with Crippen LogP contribution >= 0.6 is 0 Å². The van der Waals surface area contributed by atoms with Crippen LogP contribution in [0.5, 0.6) is 0 Å². The van der Waals surface area contributed by atoms with Crippen molar-refractivity contribution in [3.8, 4) is 0 Å². The number of hydrogen-bond donors (Lipinski definition) is 12. The molecule has 0 saturated carbocycles. The van der Waals surface area contributed by atoms with Gasteiger partial charge in [0.2, 0.25) is 0 Å². The van der Waals surface area contributed by atoms with Crippen LogP contribution in [0.15, 0.2) is 0 Å². The normalized spacial score (nSPS) is 13.7. The fourth-order valence-corrected chi connectivity index (χ4v) is 4.62. The number of nitrogens with zero attached hydrogens (tertiary/aromatic N) is 4. The second-order valence-electron chi connectivity index (χ2n) is 26.7. The van der Waals surface area contributed by atoms with Crippen molar-refractivity contribution in [2.45, 2.75) is 215 Å². The average molecular weight is 2440 g/mol. The quantitative estimate of drug-likeness (QED) is 0.0512. The minimum Gasteiger partial charge on any atom is -0.392 e. The van der Waals surface area contributed by atoms with Crippen molar-refractivity contribution >= 4 is 0 Å². The molecule has 0 radical (unpaired) electrons. The van der Waals surface area contributed by atoms with E-state index in [1.165, 1.54) is 0 Å². The molecule has 8 unspecified atom stereocenters. The molecule has 12 N–H and O–H groups in total. The van der Waals surface area contributed by atoms with E-state index >= 15 is 0 Å². The van der Waals surface area contributed by atoms with Gasteiger partial charge in [-0.25, -0.2) is 0 Å². The van der Waals surface area contributed by atoms with E-state index in [1.807, 2.05) is 198 Å². The van der Waals surface area contributed by atoms with Crippen molar-refractivity contribution in [3.05, 3.63) is 0 Å². The summed E-state index contributed by atoms with van der Waals surface area (Å²) in [6, 6.07) is 0. The number of aliphatic hydroxyl groups is 8. The predicted octanol–water partition coefficient (Wildman–Crippen LogP) is 6.27. The largest absolute Gasteiger partial charge is 0.392 e. The maximum absolute atomic E-state index is 9.65. The first-order valence-electron chi connectivity index (χ1n) is 29.0. The minimum atomic E-state index is -0.248. The first-order chi connectivity index (χ1) is 34.1. The van der Waals surface area contributed by atoms with Crippen LogP contribution < -0.4 is 21.3 Å². The molecule has 0 spiro atoms. The Labute approximate surface area is 761 Å². The molecule has 16 nitrogen and oxygen atoms in total. The molecule has 568 valence electrons. The van der Waals surface area contributed by atoms with Crippen molar-refractivity contribution in [1.82, 2.24) is 40.9 Å². The van der Waals surface area contributed by atoms with Crippen LogP contribution in [0.2, 0.25) is 0 Å². The van der Waals surface area contributed by atoms with Gasteiger partial charge in [-0.1, -0.05) is 166 Å². The molecule has 0 rings (SSSR count). The van der Waals surface area contributed by atoms with Gasteiger partial charge in [0.05, 0.1) is 48.8 Å². The van der Waals surface area contributed by atoms with Gasteiger partial charge in [-0.05, 0) is 128 Å². The maximum atomic E-state index is 9.65. The van der Waals surface area contributed by atoms with Crippen molar-refractivity contribution in [2.75, 3.05) is 135 Å². The molecule has 0 saturated heterocycles. The topological polar surface area (TPSA) is 223 Å². The van der Waals surface area contributed by atoms with Gasteiger partial charge in [0.25, 0.3) is 0 Å².